The number of amides is 1. The van der Waals surface area contributed by atoms with Crippen molar-refractivity contribution in [1.82, 2.24) is 4.72 Å². The van der Waals surface area contributed by atoms with Crippen LogP contribution in [0.1, 0.15) is 31.2 Å². The van der Waals surface area contributed by atoms with Gasteiger partial charge in [0.2, 0.25) is 10.0 Å². The fourth-order valence-electron chi connectivity index (χ4n) is 4.42. The molecule has 2 bridgehead atoms. The van der Waals surface area contributed by atoms with Crippen LogP contribution in [0, 0.1) is 24.7 Å². The second kappa shape index (κ2) is 5.74. The Hall–Kier alpha value is -1.60. The quantitative estimate of drug-likeness (QED) is 0.870. The topological polar surface area (TPSA) is 84.5 Å². The van der Waals surface area contributed by atoms with Gasteiger partial charge < -0.3 is 10.1 Å². The van der Waals surface area contributed by atoms with Crippen molar-refractivity contribution in [1.29, 1.82) is 0 Å². The van der Waals surface area contributed by atoms with Crippen molar-refractivity contribution in [3.63, 3.8) is 0 Å². The smallest absolute Gasteiger partial charge is 0.262 e. The van der Waals surface area contributed by atoms with E-state index in [0.717, 1.165) is 12.3 Å². The van der Waals surface area contributed by atoms with Gasteiger partial charge in [0.05, 0.1) is 10.6 Å². The molecule has 4 rings (SSSR count). The van der Waals surface area contributed by atoms with E-state index in [-0.39, 0.29) is 17.4 Å². The molecule has 130 valence electrons. The Labute approximate surface area is 142 Å². The lowest BCUT2D eigenvalue weighted by atomic mass is 9.89. The summed E-state index contributed by atoms with van der Waals surface area (Å²) in [6.45, 7) is 2.20. The maximum absolute atomic E-state index is 12.7. The molecule has 1 heterocycles. The van der Waals surface area contributed by atoms with E-state index in [1.54, 1.807) is 13.0 Å². The molecule has 1 amide bonds. The monoisotopic (exact) mass is 350 g/mol. The van der Waals surface area contributed by atoms with Crippen molar-refractivity contribution in [2.45, 2.75) is 37.5 Å². The third-order valence-corrected chi connectivity index (χ3v) is 7.19. The second-order valence-electron chi connectivity index (χ2n) is 7.24. The molecule has 0 radical (unpaired) electrons. The number of sulfonamides is 1. The average Bonchev–Trinajstić information content (AvgIpc) is 3.15. The molecular formula is C17H22N2O4S. The largest absolute Gasteiger partial charge is 0.482 e. The molecule has 0 aromatic heterocycles. The summed E-state index contributed by atoms with van der Waals surface area (Å²) in [7, 11) is -3.60. The molecule has 2 saturated carbocycles. The first-order valence-corrected chi connectivity index (χ1v) is 9.97. The highest BCUT2D eigenvalue weighted by Crippen LogP contribution is 2.48. The summed E-state index contributed by atoms with van der Waals surface area (Å²) in [5, 5.41) is 2.66. The normalized spacial score (nSPS) is 28.4. The molecule has 6 nitrogen and oxygen atoms in total. The minimum atomic E-state index is -3.60. The van der Waals surface area contributed by atoms with Crippen LogP contribution in [0.2, 0.25) is 0 Å². The van der Waals surface area contributed by atoms with Crippen LogP contribution in [-0.2, 0) is 14.8 Å². The van der Waals surface area contributed by atoms with Crippen LogP contribution >= 0.6 is 0 Å². The summed E-state index contributed by atoms with van der Waals surface area (Å²) >= 11 is 0. The number of fused-ring (bicyclic) bond motifs is 3. The van der Waals surface area contributed by atoms with E-state index in [4.69, 9.17) is 4.74 Å². The zero-order chi connectivity index (χ0) is 16.9. The maximum Gasteiger partial charge on any atom is 0.262 e. The van der Waals surface area contributed by atoms with Crippen LogP contribution in [0.25, 0.3) is 0 Å². The minimum absolute atomic E-state index is 0.0407. The Morgan fingerprint density at radius 1 is 1.29 bits per heavy atom. The Balaban J connectivity index is 1.53. The summed E-state index contributed by atoms with van der Waals surface area (Å²) in [5.41, 5.74) is 1.03. The summed E-state index contributed by atoms with van der Waals surface area (Å²) in [6, 6.07) is 3.16. The number of hydrogen-bond acceptors (Lipinski definition) is 4. The highest BCUT2D eigenvalue weighted by Gasteiger charge is 2.39. The number of rotatable bonds is 4. The molecule has 1 aromatic rings. The fraction of sp³-hybridized carbons (Fsp3) is 0.588. The Morgan fingerprint density at radius 3 is 2.83 bits per heavy atom. The zero-order valence-electron chi connectivity index (χ0n) is 13.7. The predicted molar refractivity (Wildman–Crippen MR) is 89.4 cm³/mol. The van der Waals surface area contributed by atoms with Crippen molar-refractivity contribution >= 4 is 21.6 Å². The summed E-state index contributed by atoms with van der Waals surface area (Å²) < 4.78 is 33.5. The van der Waals surface area contributed by atoms with E-state index in [2.05, 4.69) is 10.0 Å². The van der Waals surface area contributed by atoms with Crippen molar-refractivity contribution in [2.24, 2.45) is 17.8 Å². The van der Waals surface area contributed by atoms with Crippen LogP contribution in [0.3, 0.4) is 0 Å². The van der Waals surface area contributed by atoms with Gasteiger partial charge in [-0.25, -0.2) is 13.1 Å². The first-order chi connectivity index (χ1) is 11.4. The second-order valence-corrected chi connectivity index (χ2v) is 8.97. The highest BCUT2D eigenvalue weighted by atomic mass is 32.2. The third kappa shape index (κ3) is 2.80. The molecule has 3 aliphatic rings. The molecule has 0 saturated heterocycles. The van der Waals surface area contributed by atoms with Crippen LogP contribution in [0.5, 0.6) is 5.75 Å². The van der Waals surface area contributed by atoms with E-state index in [1.165, 1.54) is 25.3 Å². The summed E-state index contributed by atoms with van der Waals surface area (Å²) in [5.74, 6) is 2.17. The number of carbonyl (C=O) groups excluding carboxylic acids is 1. The lowest BCUT2D eigenvalue weighted by molar-refractivity contribution is -0.118. The minimum Gasteiger partial charge on any atom is -0.482 e. The molecule has 0 spiro atoms. The van der Waals surface area contributed by atoms with Gasteiger partial charge in [-0.15, -0.1) is 0 Å². The van der Waals surface area contributed by atoms with Crippen LogP contribution in [-0.4, -0.2) is 27.5 Å². The molecular weight excluding hydrogens is 328 g/mol. The summed E-state index contributed by atoms with van der Waals surface area (Å²) in [6.07, 6.45) is 4.93. The highest BCUT2D eigenvalue weighted by molar-refractivity contribution is 7.89. The van der Waals surface area contributed by atoms with Crippen LogP contribution in [0.4, 0.5) is 5.69 Å². The van der Waals surface area contributed by atoms with Gasteiger partial charge in [0.1, 0.15) is 5.75 Å². The van der Waals surface area contributed by atoms with E-state index in [0.29, 0.717) is 35.4 Å². The number of benzene rings is 1. The van der Waals surface area contributed by atoms with Gasteiger partial charge in [-0.1, -0.05) is 6.42 Å². The van der Waals surface area contributed by atoms with Gasteiger partial charge in [0.15, 0.2) is 6.61 Å². The fourth-order valence-corrected chi connectivity index (χ4v) is 5.76. The van der Waals surface area contributed by atoms with E-state index in [9.17, 15) is 13.2 Å². The van der Waals surface area contributed by atoms with Gasteiger partial charge in [-0.3, -0.25) is 4.79 Å². The number of nitrogens with one attached hydrogen (secondary N) is 2. The van der Waals surface area contributed by atoms with Gasteiger partial charge in [-0.05, 0) is 61.6 Å². The predicted octanol–water partition coefficient (Wildman–Crippen LogP) is 2.04. The number of anilines is 1. The molecule has 2 fully saturated rings. The van der Waals surface area contributed by atoms with Gasteiger partial charge in [0, 0.05) is 6.54 Å². The van der Waals surface area contributed by atoms with Crippen molar-refractivity contribution in [3.05, 3.63) is 17.7 Å². The van der Waals surface area contributed by atoms with Crippen molar-refractivity contribution in [3.8, 4) is 5.75 Å². The van der Waals surface area contributed by atoms with Crippen LogP contribution in [0.15, 0.2) is 17.0 Å². The molecule has 24 heavy (non-hydrogen) atoms. The Morgan fingerprint density at radius 2 is 2.12 bits per heavy atom. The van der Waals surface area contributed by atoms with Gasteiger partial charge >= 0.3 is 0 Å². The molecule has 1 aliphatic heterocycles. The lowest BCUT2D eigenvalue weighted by Gasteiger charge is -2.23. The van der Waals surface area contributed by atoms with Crippen molar-refractivity contribution in [2.75, 3.05) is 18.5 Å². The standard InChI is InChI=1S/C17H22N2O4S/c1-10-4-15-14(19-17(20)9-23-15)7-16(10)24(21,22)18-8-13-6-11-2-3-12(13)5-11/h4,7,11-13,18H,2-3,5-6,8-9H2,1H3,(H,19,20)/t11-,12+,13+/m0/s1. The van der Waals surface area contributed by atoms with Gasteiger partial charge in [0.25, 0.3) is 5.91 Å². The molecule has 3 atom stereocenters. The first kappa shape index (κ1) is 15.9. The first-order valence-electron chi connectivity index (χ1n) is 8.49. The molecule has 0 unspecified atom stereocenters. The van der Waals surface area contributed by atoms with Crippen molar-refractivity contribution < 1.29 is 17.9 Å². The van der Waals surface area contributed by atoms with E-state index >= 15 is 0 Å². The molecule has 2 aliphatic carbocycles. The molecule has 2 N–H and O–H groups in total. The van der Waals surface area contributed by atoms with E-state index in [1.807, 2.05) is 0 Å². The Bertz CT molecular complexity index is 790. The van der Waals surface area contributed by atoms with Gasteiger partial charge in [-0.2, -0.15) is 0 Å². The average molecular weight is 350 g/mol. The Kier molecular flexibility index (Phi) is 3.80. The zero-order valence-corrected chi connectivity index (χ0v) is 14.5. The van der Waals surface area contributed by atoms with Crippen LogP contribution < -0.4 is 14.8 Å². The number of aryl methyl sites for hydroxylation is 1. The molecule has 1 aromatic carbocycles. The number of carbonyl (C=O) groups is 1. The molecule has 7 heteroatoms. The number of hydrogen-bond donors (Lipinski definition) is 2. The number of ether oxygens (including phenoxy) is 1. The lowest BCUT2D eigenvalue weighted by Crippen LogP contribution is -2.32. The SMILES string of the molecule is Cc1cc2c(cc1S(=O)(=O)NC[C@H]1C[C@H]3CC[C@@H]1C3)NC(=O)CO2. The maximum atomic E-state index is 12.7. The third-order valence-electron chi connectivity index (χ3n) is 5.62. The summed E-state index contributed by atoms with van der Waals surface area (Å²) in [4.78, 5) is 11.6. The van der Waals surface area contributed by atoms with E-state index < -0.39 is 10.0 Å².